The summed E-state index contributed by atoms with van der Waals surface area (Å²) in [4.78, 5) is 39.5. The molecule has 0 spiro atoms. The van der Waals surface area contributed by atoms with Crippen LogP contribution in [0.25, 0.3) is 0 Å². The molecule has 0 bridgehead atoms. The summed E-state index contributed by atoms with van der Waals surface area (Å²) >= 11 is 3.45. The number of anilines is 2. The van der Waals surface area contributed by atoms with Gasteiger partial charge in [-0.2, -0.15) is 0 Å². The van der Waals surface area contributed by atoms with Crippen molar-refractivity contribution in [3.05, 3.63) is 45.7 Å². The highest BCUT2D eigenvalue weighted by Gasteiger charge is 2.16. The molecule has 8 nitrogen and oxygen atoms in total. The molecule has 2 aromatic rings. The topological polar surface area (TPSA) is 118 Å². The van der Waals surface area contributed by atoms with E-state index >= 15 is 0 Å². The van der Waals surface area contributed by atoms with Crippen LogP contribution in [-0.2, 0) is 9.59 Å². The molecule has 0 unspecified atom stereocenters. The van der Waals surface area contributed by atoms with Crippen molar-refractivity contribution in [1.82, 2.24) is 9.97 Å². The van der Waals surface area contributed by atoms with Crippen LogP contribution in [-0.4, -0.2) is 49.6 Å². The van der Waals surface area contributed by atoms with Gasteiger partial charge in [-0.25, -0.2) is 9.97 Å². The highest BCUT2D eigenvalue weighted by atomic mass is 79.9. The van der Waals surface area contributed by atoms with Gasteiger partial charge in [-0.1, -0.05) is 15.9 Å². The van der Waals surface area contributed by atoms with Crippen molar-refractivity contribution < 1.29 is 14.4 Å². The maximum Gasteiger partial charge on any atom is 0.258 e. The van der Waals surface area contributed by atoms with E-state index in [1.807, 2.05) is 33.5 Å². The molecule has 9 heteroatoms. The number of carbonyl (C=O) groups is 3. The fraction of sp³-hybridized carbons (Fsp3) is 0.381. The third kappa shape index (κ3) is 8.00. The zero-order valence-electron chi connectivity index (χ0n) is 17.8. The van der Waals surface area contributed by atoms with Gasteiger partial charge < -0.3 is 25.5 Å². The molecule has 0 saturated carbocycles. The summed E-state index contributed by atoms with van der Waals surface area (Å²) in [7, 11) is 1.50. The first-order valence-corrected chi connectivity index (χ1v) is 10.1. The van der Waals surface area contributed by atoms with Gasteiger partial charge in [0.1, 0.15) is 25.2 Å². The second kappa shape index (κ2) is 15.2. The SMILES string of the molecule is C=O.C=O.CN.Cc1cnc(NC(=O)c2cnc(N3CCCCC3)c(C)c2)cc1Br. The standard InChI is InChI=1S/C18H21BrN4O.CH5N.2CH2O/c1-12-8-14(11-21-17(12)23-6-4-3-5-7-23)18(24)22-16-9-15(19)13(2)10-20-16;3*1-2/h8-11H,3-7H2,1-2H3,(H,20,22,24);2H2,1H3;2*1H2. The fourth-order valence-electron chi connectivity index (χ4n) is 2.88. The smallest absolute Gasteiger partial charge is 0.258 e. The van der Waals surface area contributed by atoms with Gasteiger partial charge in [-0.15, -0.1) is 0 Å². The largest absolute Gasteiger partial charge is 0.356 e. The molecule has 3 N–H and O–H groups in total. The van der Waals surface area contributed by atoms with E-state index in [0.717, 1.165) is 34.5 Å². The average molecular weight is 480 g/mol. The van der Waals surface area contributed by atoms with Gasteiger partial charge in [-0.3, -0.25) is 4.79 Å². The lowest BCUT2D eigenvalue weighted by Gasteiger charge is -2.29. The molecular formula is C21H30BrN5O3. The van der Waals surface area contributed by atoms with Crippen molar-refractivity contribution >= 4 is 47.1 Å². The number of pyridine rings is 2. The van der Waals surface area contributed by atoms with Crippen molar-refractivity contribution in [3.8, 4) is 0 Å². The van der Waals surface area contributed by atoms with Crippen molar-refractivity contribution in [3.63, 3.8) is 0 Å². The highest BCUT2D eigenvalue weighted by molar-refractivity contribution is 9.10. The van der Waals surface area contributed by atoms with Crippen LogP contribution in [0, 0.1) is 13.8 Å². The molecular weight excluding hydrogens is 450 g/mol. The van der Waals surface area contributed by atoms with Gasteiger partial charge in [0, 0.05) is 30.0 Å². The molecule has 0 atom stereocenters. The Hall–Kier alpha value is -2.65. The van der Waals surface area contributed by atoms with Crippen LogP contribution in [0.15, 0.2) is 29.0 Å². The van der Waals surface area contributed by atoms with E-state index in [9.17, 15) is 4.79 Å². The van der Waals surface area contributed by atoms with Gasteiger partial charge in [0.15, 0.2) is 0 Å². The predicted octanol–water partition coefficient (Wildman–Crippen LogP) is 3.30. The molecule has 0 aliphatic carbocycles. The summed E-state index contributed by atoms with van der Waals surface area (Å²) in [5.74, 6) is 1.32. The number of carbonyl (C=O) groups excluding carboxylic acids is 3. The summed E-state index contributed by atoms with van der Waals surface area (Å²) in [6.45, 7) is 10.0. The number of aryl methyl sites for hydroxylation is 2. The first-order chi connectivity index (χ1) is 14.5. The number of halogens is 1. The van der Waals surface area contributed by atoms with Crippen LogP contribution < -0.4 is 16.0 Å². The minimum Gasteiger partial charge on any atom is -0.356 e. The quantitative estimate of drug-likeness (QED) is 0.692. The second-order valence-electron chi connectivity index (χ2n) is 6.19. The van der Waals surface area contributed by atoms with E-state index in [0.29, 0.717) is 11.4 Å². The maximum atomic E-state index is 12.4. The predicted molar refractivity (Wildman–Crippen MR) is 124 cm³/mol. The lowest BCUT2D eigenvalue weighted by atomic mass is 10.1. The molecule has 164 valence electrons. The van der Waals surface area contributed by atoms with Gasteiger partial charge >= 0.3 is 0 Å². The van der Waals surface area contributed by atoms with Crippen molar-refractivity contribution in [2.24, 2.45) is 5.73 Å². The van der Waals surface area contributed by atoms with Gasteiger partial charge in [-0.05, 0) is 63.4 Å². The first kappa shape index (κ1) is 27.4. The van der Waals surface area contributed by atoms with Crippen LogP contribution in [0.5, 0.6) is 0 Å². The van der Waals surface area contributed by atoms with Crippen molar-refractivity contribution in [2.75, 3.05) is 30.4 Å². The van der Waals surface area contributed by atoms with E-state index < -0.39 is 0 Å². The number of aromatic nitrogens is 2. The Morgan fingerprint density at radius 3 is 2.13 bits per heavy atom. The number of nitrogens with two attached hydrogens (primary N) is 1. The number of nitrogens with zero attached hydrogens (tertiary/aromatic N) is 3. The Kier molecular flexibility index (Phi) is 13.9. The Morgan fingerprint density at radius 2 is 1.60 bits per heavy atom. The van der Waals surface area contributed by atoms with Crippen LogP contribution in [0.1, 0.15) is 40.7 Å². The summed E-state index contributed by atoms with van der Waals surface area (Å²) in [6.07, 6.45) is 7.07. The fourth-order valence-corrected chi connectivity index (χ4v) is 3.20. The molecule has 3 rings (SSSR count). The lowest BCUT2D eigenvalue weighted by Crippen LogP contribution is -2.31. The van der Waals surface area contributed by atoms with Gasteiger partial charge in [0.25, 0.3) is 5.91 Å². The summed E-state index contributed by atoms with van der Waals surface area (Å²) in [6, 6.07) is 3.70. The second-order valence-corrected chi connectivity index (χ2v) is 7.04. The lowest BCUT2D eigenvalue weighted by molar-refractivity contribution is -0.0987. The summed E-state index contributed by atoms with van der Waals surface area (Å²) < 4.78 is 0.919. The average Bonchev–Trinajstić information content (AvgIpc) is 2.81. The number of rotatable bonds is 3. The normalized spacial score (nSPS) is 12.1. The Balaban J connectivity index is 0.00000129. The van der Waals surface area contributed by atoms with Crippen molar-refractivity contribution in [1.29, 1.82) is 0 Å². The van der Waals surface area contributed by atoms with E-state index in [1.54, 1.807) is 18.5 Å². The van der Waals surface area contributed by atoms with Crippen LogP contribution in [0.3, 0.4) is 0 Å². The molecule has 1 fully saturated rings. The maximum absolute atomic E-state index is 12.4. The monoisotopic (exact) mass is 479 g/mol. The highest BCUT2D eigenvalue weighted by Crippen LogP contribution is 2.23. The van der Waals surface area contributed by atoms with E-state index in [-0.39, 0.29) is 5.91 Å². The number of amides is 1. The van der Waals surface area contributed by atoms with E-state index in [2.05, 4.69) is 41.8 Å². The third-order valence-corrected chi connectivity index (χ3v) is 5.10. The minimum atomic E-state index is -0.195. The molecule has 0 radical (unpaired) electrons. The number of hydrogen-bond donors (Lipinski definition) is 2. The van der Waals surface area contributed by atoms with Crippen molar-refractivity contribution in [2.45, 2.75) is 33.1 Å². The van der Waals surface area contributed by atoms with Crippen LogP contribution in [0.2, 0.25) is 0 Å². The zero-order chi connectivity index (χ0) is 23.1. The third-order valence-electron chi connectivity index (χ3n) is 4.25. The number of hydrogen-bond acceptors (Lipinski definition) is 7. The zero-order valence-corrected chi connectivity index (χ0v) is 19.4. The first-order valence-electron chi connectivity index (χ1n) is 9.35. The Bertz CT molecular complexity index is 796. The Morgan fingerprint density at radius 1 is 1.00 bits per heavy atom. The van der Waals surface area contributed by atoms with Crippen LogP contribution in [0.4, 0.5) is 11.6 Å². The van der Waals surface area contributed by atoms with E-state index in [4.69, 9.17) is 9.59 Å². The molecule has 1 aliphatic rings. The number of piperidine rings is 1. The molecule has 3 heterocycles. The van der Waals surface area contributed by atoms with Gasteiger partial charge in [0.05, 0.1) is 5.56 Å². The van der Waals surface area contributed by atoms with Gasteiger partial charge in [0.2, 0.25) is 0 Å². The summed E-state index contributed by atoms with van der Waals surface area (Å²) in [5, 5.41) is 2.82. The minimum absolute atomic E-state index is 0.195. The van der Waals surface area contributed by atoms with Crippen LogP contribution >= 0.6 is 15.9 Å². The molecule has 30 heavy (non-hydrogen) atoms. The molecule has 1 amide bonds. The molecule has 1 aliphatic heterocycles. The number of nitrogens with one attached hydrogen (secondary N) is 1. The molecule has 1 saturated heterocycles. The molecule has 2 aromatic heterocycles. The molecule has 0 aromatic carbocycles. The summed E-state index contributed by atoms with van der Waals surface area (Å²) in [5.41, 5.74) is 7.10. The van der Waals surface area contributed by atoms with E-state index in [1.165, 1.54) is 26.3 Å². The Labute approximate surface area is 186 Å².